The fraction of sp³-hybridized carbons (Fsp3) is 0.208. The zero-order chi connectivity index (χ0) is 24.9. The molecule has 0 aliphatic carbocycles. The van der Waals surface area contributed by atoms with Gasteiger partial charge in [-0.25, -0.2) is 12.8 Å². The number of hydrogen-bond donors (Lipinski definition) is 1. The largest absolute Gasteiger partial charge is 0.493 e. The molecule has 3 aromatic carbocycles. The lowest BCUT2D eigenvalue weighted by Crippen LogP contribution is -2.40. The average Bonchev–Trinajstić information content (AvgIpc) is 2.82. The van der Waals surface area contributed by atoms with E-state index in [-0.39, 0.29) is 27.9 Å². The maximum absolute atomic E-state index is 13.8. The number of methoxy groups -OCH3 is 2. The summed E-state index contributed by atoms with van der Waals surface area (Å²) in [6.45, 7) is 1.60. The van der Waals surface area contributed by atoms with Crippen LogP contribution in [-0.2, 0) is 21.4 Å². The number of amides is 1. The van der Waals surface area contributed by atoms with Crippen molar-refractivity contribution >= 4 is 33.2 Å². The fourth-order valence-corrected chi connectivity index (χ4v) is 4.87. The number of nitrogens with zero attached hydrogens (tertiary/aromatic N) is 1. The van der Waals surface area contributed by atoms with Gasteiger partial charge in [0.25, 0.3) is 10.0 Å². The van der Waals surface area contributed by atoms with Crippen molar-refractivity contribution in [1.82, 2.24) is 5.32 Å². The second-order valence-corrected chi connectivity index (χ2v) is 9.66. The molecule has 10 heteroatoms. The topological polar surface area (TPSA) is 84.9 Å². The molecule has 3 rings (SSSR count). The summed E-state index contributed by atoms with van der Waals surface area (Å²) in [7, 11) is -1.46. The van der Waals surface area contributed by atoms with Gasteiger partial charge in [0.05, 0.1) is 29.8 Å². The summed E-state index contributed by atoms with van der Waals surface area (Å²) in [5.41, 5.74) is 1.93. The third kappa shape index (κ3) is 5.78. The van der Waals surface area contributed by atoms with Crippen LogP contribution in [0.5, 0.6) is 11.5 Å². The zero-order valence-corrected chi connectivity index (χ0v) is 20.4. The molecular formula is C24H24ClFN2O5S. The van der Waals surface area contributed by atoms with Crippen LogP contribution in [0.4, 0.5) is 10.1 Å². The number of hydrogen-bond acceptors (Lipinski definition) is 5. The van der Waals surface area contributed by atoms with E-state index in [1.165, 1.54) is 38.5 Å². The Hall–Kier alpha value is -3.30. The first kappa shape index (κ1) is 25.3. The van der Waals surface area contributed by atoms with E-state index in [1.807, 2.05) is 31.2 Å². The summed E-state index contributed by atoms with van der Waals surface area (Å²) < 4.78 is 52.1. The van der Waals surface area contributed by atoms with Crippen molar-refractivity contribution in [2.45, 2.75) is 18.4 Å². The van der Waals surface area contributed by atoms with E-state index >= 15 is 0 Å². The lowest BCUT2D eigenvalue weighted by Gasteiger charge is -2.25. The molecule has 0 saturated heterocycles. The molecule has 1 N–H and O–H groups in total. The lowest BCUT2D eigenvalue weighted by molar-refractivity contribution is -0.119. The van der Waals surface area contributed by atoms with Gasteiger partial charge in [0.15, 0.2) is 11.5 Å². The van der Waals surface area contributed by atoms with Crippen LogP contribution in [0, 0.1) is 12.7 Å². The first-order chi connectivity index (χ1) is 16.1. The Labute approximate surface area is 203 Å². The number of ether oxygens (including phenoxy) is 2. The Balaban J connectivity index is 1.94. The standard InChI is InChI=1S/C24H24ClFN2O5S/c1-16-5-4-6-17(11-16)14-27-24(29)15-28(18-7-9-21(26)20(25)12-18)34(30,31)19-8-10-22(32-2)23(13-19)33-3/h4-13H,14-15H2,1-3H3,(H,27,29). The monoisotopic (exact) mass is 506 g/mol. The molecule has 0 unspecified atom stereocenters. The molecule has 0 fully saturated rings. The zero-order valence-electron chi connectivity index (χ0n) is 18.8. The summed E-state index contributed by atoms with van der Waals surface area (Å²) >= 11 is 5.90. The van der Waals surface area contributed by atoms with Gasteiger partial charge in [-0.05, 0) is 42.8 Å². The molecule has 180 valence electrons. The molecule has 0 spiro atoms. The smallest absolute Gasteiger partial charge is 0.264 e. The van der Waals surface area contributed by atoms with Crippen molar-refractivity contribution in [3.05, 3.63) is 82.6 Å². The number of carbonyl (C=O) groups excluding carboxylic acids is 1. The molecule has 0 radical (unpaired) electrons. The SMILES string of the molecule is COc1ccc(S(=O)(=O)N(CC(=O)NCc2cccc(C)c2)c2ccc(F)c(Cl)c2)cc1OC. The third-order valence-electron chi connectivity index (χ3n) is 4.99. The number of nitrogens with one attached hydrogen (secondary N) is 1. The van der Waals surface area contributed by atoms with Crippen LogP contribution < -0.4 is 19.1 Å². The van der Waals surface area contributed by atoms with Crippen molar-refractivity contribution in [2.75, 3.05) is 25.1 Å². The number of anilines is 1. The van der Waals surface area contributed by atoms with Crippen LogP contribution in [-0.4, -0.2) is 35.1 Å². The number of carbonyl (C=O) groups is 1. The Morgan fingerprint density at radius 2 is 1.76 bits per heavy atom. The molecule has 0 atom stereocenters. The van der Waals surface area contributed by atoms with Crippen molar-refractivity contribution < 1.29 is 27.1 Å². The van der Waals surface area contributed by atoms with E-state index in [0.717, 1.165) is 27.6 Å². The third-order valence-corrected chi connectivity index (χ3v) is 7.05. The summed E-state index contributed by atoms with van der Waals surface area (Å²) in [5.74, 6) is -0.720. The highest BCUT2D eigenvalue weighted by molar-refractivity contribution is 7.92. The van der Waals surface area contributed by atoms with Crippen LogP contribution in [0.25, 0.3) is 0 Å². The summed E-state index contributed by atoms with van der Waals surface area (Å²) in [6.07, 6.45) is 0. The minimum atomic E-state index is -4.27. The highest BCUT2D eigenvalue weighted by Gasteiger charge is 2.29. The van der Waals surface area contributed by atoms with E-state index in [9.17, 15) is 17.6 Å². The molecule has 0 heterocycles. The molecule has 1 amide bonds. The number of benzene rings is 3. The van der Waals surface area contributed by atoms with Crippen molar-refractivity contribution in [2.24, 2.45) is 0 Å². The van der Waals surface area contributed by atoms with Gasteiger partial charge in [-0.2, -0.15) is 0 Å². The number of aryl methyl sites for hydroxylation is 1. The lowest BCUT2D eigenvalue weighted by atomic mass is 10.1. The number of rotatable bonds is 9. The van der Waals surface area contributed by atoms with Crippen LogP contribution >= 0.6 is 11.6 Å². The molecular weight excluding hydrogens is 483 g/mol. The fourth-order valence-electron chi connectivity index (χ4n) is 3.27. The first-order valence-corrected chi connectivity index (χ1v) is 12.0. The Morgan fingerprint density at radius 3 is 2.41 bits per heavy atom. The van der Waals surface area contributed by atoms with Crippen LogP contribution in [0.15, 0.2) is 65.6 Å². The molecule has 0 aliphatic heterocycles. The number of sulfonamides is 1. The molecule has 0 bridgehead atoms. The highest BCUT2D eigenvalue weighted by Crippen LogP contribution is 2.33. The van der Waals surface area contributed by atoms with Crippen LogP contribution in [0.3, 0.4) is 0 Å². The second-order valence-electron chi connectivity index (χ2n) is 7.39. The normalized spacial score (nSPS) is 11.1. The van der Waals surface area contributed by atoms with Gasteiger partial charge >= 0.3 is 0 Å². The molecule has 0 aromatic heterocycles. The Bertz CT molecular complexity index is 1300. The van der Waals surface area contributed by atoms with Crippen molar-refractivity contribution in [3.8, 4) is 11.5 Å². The molecule has 0 saturated carbocycles. The average molecular weight is 507 g/mol. The van der Waals surface area contributed by atoms with Gasteiger partial charge < -0.3 is 14.8 Å². The van der Waals surface area contributed by atoms with Gasteiger partial charge in [0.1, 0.15) is 12.4 Å². The highest BCUT2D eigenvalue weighted by atomic mass is 35.5. The van der Waals surface area contributed by atoms with Crippen LogP contribution in [0.1, 0.15) is 11.1 Å². The van der Waals surface area contributed by atoms with E-state index in [4.69, 9.17) is 21.1 Å². The van der Waals surface area contributed by atoms with E-state index in [1.54, 1.807) is 0 Å². The number of halogens is 2. The second kappa shape index (κ2) is 10.8. The minimum Gasteiger partial charge on any atom is -0.493 e. The summed E-state index contributed by atoms with van der Waals surface area (Å²) in [6, 6.07) is 15.1. The minimum absolute atomic E-state index is 0.0342. The Morgan fingerprint density at radius 1 is 1.03 bits per heavy atom. The maximum Gasteiger partial charge on any atom is 0.264 e. The molecule has 0 aliphatic rings. The molecule has 7 nitrogen and oxygen atoms in total. The molecule has 34 heavy (non-hydrogen) atoms. The predicted molar refractivity (Wildman–Crippen MR) is 129 cm³/mol. The predicted octanol–water partition coefficient (Wildman–Crippen LogP) is 4.32. The van der Waals surface area contributed by atoms with Crippen molar-refractivity contribution in [1.29, 1.82) is 0 Å². The van der Waals surface area contributed by atoms with Gasteiger partial charge in [0.2, 0.25) is 5.91 Å². The van der Waals surface area contributed by atoms with Gasteiger partial charge in [0, 0.05) is 12.6 Å². The maximum atomic E-state index is 13.8. The van der Waals surface area contributed by atoms with Crippen molar-refractivity contribution in [3.63, 3.8) is 0 Å². The molecule has 3 aromatic rings. The van der Waals surface area contributed by atoms with E-state index in [0.29, 0.717) is 5.75 Å². The quantitative estimate of drug-likeness (QED) is 0.467. The van der Waals surface area contributed by atoms with Gasteiger partial charge in [-0.3, -0.25) is 9.10 Å². The summed E-state index contributed by atoms with van der Waals surface area (Å²) in [5, 5.41) is 2.45. The van der Waals surface area contributed by atoms with Gasteiger partial charge in [-0.15, -0.1) is 0 Å². The Kier molecular flexibility index (Phi) is 8.01. The van der Waals surface area contributed by atoms with Gasteiger partial charge in [-0.1, -0.05) is 41.4 Å². The van der Waals surface area contributed by atoms with Crippen LogP contribution in [0.2, 0.25) is 5.02 Å². The first-order valence-electron chi connectivity index (χ1n) is 10.2. The summed E-state index contributed by atoms with van der Waals surface area (Å²) in [4.78, 5) is 12.6. The van der Waals surface area contributed by atoms with E-state index in [2.05, 4.69) is 5.32 Å². The van der Waals surface area contributed by atoms with E-state index < -0.39 is 28.3 Å².